The van der Waals surface area contributed by atoms with E-state index in [9.17, 15) is 0 Å². The van der Waals surface area contributed by atoms with Crippen LogP contribution in [-0.4, -0.2) is 64.1 Å². The molecule has 1 rings (SSSR count). The number of rotatable bonds is 8. The zero-order chi connectivity index (χ0) is 10.8. The Kier molecular flexibility index (Phi) is 7.83. The molecule has 0 atom stereocenters. The molecule has 4 heteroatoms. The average Bonchev–Trinajstić information content (AvgIpc) is 2.29. The van der Waals surface area contributed by atoms with Crippen LogP contribution in [0, 0.1) is 0 Å². The van der Waals surface area contributed by atoms with Gasteiger partial charge in [0.2, 0.25) is 0 Å². The van der Waals surface area contributed by atoms with Gasteiger partial charge in [0.1, 0.15) is 0 Å². The summed E-state index contributed by atoms with van der Waals surface area (Å²) in [5.41, 5.74) is 0. The van der Waals surface area contributed by atoms with Gasteiger partial charge in [-0.05, 0) is 13.3 Å². The van der Waals surface area contributed by atoms with Crippen LogP contribution in [0.2, 0.25) is 0 Å². The molecule has 0 amide bonds. The lowest BCUT2D eigenvalue weighted by Gasteiger charge is -2.26. The van der Waals surface area contributed by atoms with E-state index in [4.69, 9.17) is 9.47 Å². The van der Waals surface area contributed by atoms with Crippen molar-refractivity contribution in [3.05, 3.63) is 0 Å². The van der Waals surface area contributed by atoms with Crippen LogP contribution < -0.4 is 5.32 Å². The molecule has 1 fully saturated rings. The van der Waals surface area contributed by atoms with Crippen LogP contribution in [-0.2, 0) is 9.47 Å². The maximum Gasteiger partial charge on any atom is 0.0700 e. The van der Waals surface area contributed by atoms with Gasteiger partial charge in [-0.3, -0.25) is 0 Å². The second-order valence-corrected chi connectivity index (χ2v) is 3.75. The maximum absolute atomic E-state index is 5.46. The maximum atomic E-state index is 5.46. The summed E-state index contributed by atoms with van der Waals surface area (Å²) in [6.45, 7) is 10.9. The van der Waals surface area contributed by atoms with Gasteiger partial charge >= 0.3 is 0 Å². The van der Waals surface area contributed by atoms with E-state index < -0.39 is 0 Å². The number of piperazine rings is 1. The van der Waals surface area contributed by atoms with Crippen LogP contribution in [0.25, 0.3) is 0 Å². The summed E-state index contributed by atoms with van der Waals surface area (Å²) in [7, 11) is 0. The quantitative estimate of drug-likeness (QED) is 0.593. The van der Waals surface area contributed by atoms with Gasteiger partial charge in [0.05, 0.1) is 13.2 Å². The predicted molar refractivity (Wildman–Crippen MR) is 61.2 cm³/mol. The van der Waals surface area contributed by atoms with E-state index in [-0.39, 0.29) is 0 Å². The molecule has 90 valence electrons. The molecule has 1 aliphatic heterocycles. The smallest absolute Gasteiger partial charge is 0.0700 e. The number of hydrogen-bond donors (Lipinski definition) is 1. The summed E-state index contributed by atoms with van der Waals surface area (Å²) in [5.74, 6) is 0. The van der Waals surface area contributed by atoms with Crippen molar-refractivity contribution in [2.45, 2.75) is 13.3 Å². The number of nitrogens with one attached hydrogen (secondary N) is 1. The highest BCUT2D eigenvalue weighted by molar-refractivity contribution is 4.66. The van der Waals surface area contributed by atoms with Crippen molar-refractivity contribution in [3.63, 3.8) is 0 Å². The molecule has 0 bridgehead atoms. The zero-order valence-electron chi connectivity index (χ0n) is 9.83. The molecular formula is C11H24N2O2. The fourth-order valence-electron chi connectivity index (χ4n) is 1.69. The van der Waals surface area contributed by atoms with Crippen LogP contribution in [0.5, 0.6) is 0 Å². The molecule has 0 radical (unpaired) electrons. The Balaban J connectivity index is 1.79. The first kappa shape index (κ1) is 12.9. The molecule has 0 saturated carbocycles. The van der Waals surface area contributed by atoms with Crippen molar-refractivity contribution in [1.82, 2.24) is 10.2 Å². The molecule has 0 aliphatic carbocycles. The van der Waals surface area contributed by atoms with Crippen LogP contribution in [0.4, 0.5) is 0 Å². The lowest BCUT2D eigenvalue weighted by atomic mass is 10.3. The van der Waals surface area contributed by atoms with Gasteiger partial charge in [-0.15, -0.1) is 0 Å². The van der Waals surface area contributed by atoms with E-state index in [1.807, 2.05) is 6.92 Å². The van der Waals surface area contributed by atoms with Gasteiger partial charge in [-0.2, -0.15) is 0 Å². The second kappa shape index (κ2) is 9.09. The minimum absolute atomic E-state index is 0.726. The van der Waals surface area contributed by atoms with Crippen molar-refractivity contribution in [2.24, 2.45) is 0 Å². The van der Waals surface area contributed by atoms with Crippen molar-refractivity contribution in [1.29, 1.82) is 0 Å². The van der Waals surface area contributed by atoms with Crippen molar-refractivity contribution < 1.29 is 9.47 Å². The summed E-state index contributed by atoms with van der Waals surface area (Å²) in [6.07, 6.45) is 1.13. The first-order valence-electron chi connectivity index (χ1n) is 6.02. The largest absolute Gasteiger partial charge is 0.379 e. The van der Waals surface area contributed by atoms with Crippen LogP contribution in [0.3, 0.4) is 0 Å². The molecule has 0 aromatic heterocycles. The highest BCUT2D eigenvalue weighted by Crippen LogP contribution is 1.94. The third-order valence-electron chi connectivity index (χ3n) is 2.55. The molecule has 1 N–H and O–H groups in total. The first-order chi connectivity index (χ1) is 7.43. The summed E-state index contributed by atoms with van der Waals surface area (Å²) in [4.78, 5) is 2.49. The van der Waals surface area contributed by atoms with E-state index in [0.29, 0.717) is 0 Å². The molecule has 1 heterocycles. The molecule has 0 unspecified atom stereocenters. The Hall–Kier alpha value is -0.160. The highest BCUT2D eigenvalue weighted by atomic mass is 16.5. The number of nitrogens with zero attached hydrogens (tertiary/aromatic N) is 1. The lowest BCUT2D eigenvalue weighted by molar-refractivity contribution is 0.0485. The predicted octanol–water partition coefficient (Wildman–Crippen LogP) is 0.335. The fraction of sp³-hybridized carbons (Fsp3) is 1.00. The van der Waals surface area contributed by atoms with E-state index in [2.05, 4.69) is 10.2 Å². The zero-order valence-corrected chi connectivity index (χ0v) is 9.83. The molecule has 1 aliphatic rings. The topological polar surface area (TPSA) is 33.7 Å². The van der Waals surface area contributed by atoms with Gasteiger partial charge in [0.15, 0.2) is 0 Å². The normalized spacial score (nSPS) is 18.2. The summed E-state index contributed by atoms with van der Waals surface area (Å²) in [5, 5.41) is 3.35. The molecule has 0 aromatic rings. The van der Waals surface area contributed by atoms with Gasteiger partial charge in [0.25, 0.3) is 0 Å². The summed E-state index contributed by atoms with van der Waals surface area (Å²) >= 11 is 0. The lowest BCUT2D eigenvalue weighted by Crippen LogP contribution is -2.43. The van der Waals surface area contributed by atoms with E-state index >= 15 is 0 Å². The Morgan fingerprint density at radius 2 is 1.80 bits per heavy atom. The number of hydrogen-bond acceptors (Lipinski definition) is 4. The van der Waals surface area contributed by atoms with Crippen molar-refractivity contribution >= 4 is 0 Å². The first-order valence-corrected chi connectivity index (χ1v) is 6.02. The Morgan fingerprint density at radius 3 is 2.53 bits per heavy atom. The molecule has 0 aromatic carbocycles. The standard InChI is InChI=1S/C11H24N2O2/c1-2-14-10-11-15-9-3-6-13-7-4-12-5-8-13/h12H,2-11H2,1H3. The van der Waals surface area contributed by atoms with E-state index in [1.54, 1.807) is 0 Å². The molecule has 0 spiro atoms. The van der Waals surface area contributed by atoms with Gasteiger partial charge in [-0.1, -0.05) is 0 Å². The van der Waals surface area contributed by atoms with Crippen molar-refractivity contribution in [3.8, 4) is 0 Å². The van der Waals surface area contributed by atoms with Crippen LogP contribution in [0.1, 0.15) is 13.3 Å². The van der Waals surface area contributed by atoms with Gasteiger partial charge in [0, 0.05) is 45.9 Å². The Bertz CT molecular complexity index is 139. The Labute approximate surface area is 92.9 Å². The second-order valence-electron chi connectivity index (χ2n) is 3.75. The summed E-state index contributed by atoms with van der Waals surface area (Å²) < 4.78 is 10.6. The fourth-order valence-corrected chi connectivity index (χ4v) is 1.69. The van der Waals surface area contributed by atoms with Crippen LogP contribution >= 0.6 is 0 Å². The summed E-state index contributed by atoms with van der Waals surface area (Å²) in [6, 6.07) is 0. The monoisotopic (exact) mass is 216 g/mol. The van der Waals surface area contributed by atoms with Gasteiger partial charge in [-0.25, -0.2) is 0 Å². The SMILES string of the molecule is CCOCCOCCCN1CCNCC1. The molecule has 4 nitrogen and oxygen atoms in total. The van der Waals surface area contributed by atoms with E-state index in [0.717, 1.165) is 52.5 Å². The van der Waals surface area contributed by atoms with Gasteiger partial charge < -0.3 is 19.7 Å². The highest BCUT2D eigenvalue weighted by Gasteiger charge is 2.07. The van der Waals surface area contributed by atoms with E-state index in [1.165, 1.54) is 13.1 Å². The molecular weight excluding hydrogens is 192 g/mol. The minimum atomic E-state index is 0.726. The third kappa shape index (κ3) is 6.84. The third-order valence-corrected chi connectivity index (χ3v) is 2.55. The minimum Gasteiger partial charge on any atom is -0.379 e. The van der Waals surface area contributed by atoms with Crippen molar-refractivity contribution in [2.75, 3.05) is 59.2 Å². The number of ether oxygens (including phenoxy) is 2. The van der Waals surface area contributed by atoms with Crippen LogP contribution in [0.15, 0.2) is 0 Å². The molecule has 15 heavy (non-hydrogen) atoms. The Morgan fingerprint density at radius 1 is 1.07 bits per heavy atom. The average molecular weight is 216 g/mol. The molecule has 1 saturated heterocycles.